The minimum atomic E-state index is -3.90. The maximum absolute atomic E-state index is 12.5. The van der Waals surface area contributed by atoms with Crippen LogP contribution in [0.4, 0.5) is 5.69 Å². The van der Waals surface area contributed by atoms with Gasteiger partial charge in [-0.25, -0.2) is 8.42 Å². The Balaban J connectivity index is 2.19. The normalized spacial score (nSPS) is 12.3. The van der Waals surface area contributed by atoms with E-state index in [0.717, 1.165) is 0 Å². The van der Waals surface area contributed by atoms with E-state index in [1.165, 1.54) is 43.4 Å². The molecule has 2 aromatic rings. The van der Waals surface area contributed by atoms with Gasteiger partial charge in [-0.05, 0) is 43.3 Å². The maximum atomic E-state index is 12.5. The number of nitrogens with one attached hydrogen (secondary N) is 2. The molecule has 10 heteroatoms. The Morgan fingerprint density at radius 1 is 1.04 bits per heavy atom. The number of hydrogen-bond donors (Lipinski definition) is 2. The second-order valence-corrected chi connectivity index (χ2v) is 8.10. The fourth-order valence-corrected chi connectivity index (χ4v) is 3.68. The van der Waals surface area contributed by atoms with Crippen molar-refractivity contribution in [2.24, 2.45) is 0 Å². The molecular formula is C16H15Cl3N2O4S. The number of halogens is 3. The van der Waals surface area contributed by atoms with Gasteiger partial charge in [-0.2, -0.15) is 0 Å². The average molecular weight is 438 g/mol. The Bertz CT molecular complexity index is 918. The van der Waals surface area contributed by atoms with E-state index >= 15 is 0 Å². The molecule has 0 unspecified atom stereocenters. The molecule has 6 nitrogen and oxygen atoms in total. The Morgan fingerprint density at radius 2 is 1.62 bits per heavy atom. The first-order valence-corrected chi connectivity index (χ1v) is 9.91. The van der Waals surface area contributed by atoms with Crippen LogP contribution < -0.4 is 14.8 Å². The lowest BCUT2D eigenvalue weighted by Gasteiger charge is -2.14. The van der Waals surface area contributed by atoms with Crippen molar-refractivity contribution in [2.45, 2.75) is 17.9 Å². The Hall–Kier alpha value is -1.67. The number of carbonyl (C=O) groups excluding carboxylic acids is 1. The van der Waals surface area contributed by atoms with Crippen molar-refractivity contribution >= 4 is 56.4 Å². The van der Waals surface area contributed by atoms with Gasteiger partial charge in [0.15, 0.2) is 6.10 Å². The van der Waals surface area contributed by atoms with Crippen molar-refractivity contribution in [2.75, 3.05) is 11.8 Å². The summed E-state index contributed by atoms with van der Waals surface area (Å²) in [6.07, 6.45) is -0.712. The number of ether oxygens (including phenoxy) is 1. The molecule has 0 aromatic heterocycles. The second-order valence-electron chi connectivity index (χ2n) is 5.20. The van der Waals surface area contributed by atoms with Gasteiger partial charge in [-0.3, -0.25) is 9.52 Å². The molecule has 0 heterocycles. The molecule has 0 spiro atoms. The predicted octanol–water partition coefficient (Wildman–Crippen LogP) is 3.96. The van der Waals surface area contributed by atoms with Crippen LogP contribution in [0.15, 0.2) is 41.3 Å². The number of anilines is 1. The molecule has 0 aliphatic carbocycles. The molecule has 140 valence electrons. The highest BCUT2D eigenvalue weighted by atomic mass is 35.5. The van der Waals surface area contributed by atoms with Crippen LogP contribution >= 0.6 is 34.8 Å². The van der Waals surface area contributed by atoms with Gasteiger partial charge in [-0.1, -0.05) is 34.8 Å². The third kappa shape index (κ3) is 4.94. The largest absolute Gasteiger partial charge is 0.481 e. The Labute approximate surface area is 166 Å². The van der Waals surface area contributed by atoms with Crippen LogP contribution in [0.1, 0.15) is 6.92 Å². The van der Waals surface area contributed by atoms with Gasteiger partial charge in [0.1, 0.15) is 5.75 Å². The molecule has 2 rings (SSSR count). The lowest BCUT2D eigenvalue weighted by Crippen LogP contribution is -2.33. The van der Waals surface area contributed by atoms with E-state index in [4.69, 9.17) is 39.5 Å². The summed E-state index contributed by atoms with van der Waals surface area (Å²) in [6, 6.07) is 8.26. The topological polar surface area (TPSA) is 84.5 Å². The summed E-state index contributed by atoms with van der Waals surface area (Å²) < 4.78 is 32.7. The van der Waals surface area contributed by atoms with Crippen LogP contribution in [0.5, 0.6) is 5.75 Å². The van der Waals surface area contributed by atoms with E-state index in [1.807, 2.05) is 0 Å². The van der Waals surface area contributed by atoms with Crippen molar-refractivity contribution in [1.82, 2.24) is 5.32 Å². The molecule has 2 aromatic carbocycles. The highest BCUT2D eigenvalue weighted by molar-refractivity contribution is 7.92. The van der Waals surface area contributed by atoms with Gasteiger partial charge >= 0.3 is 0 Å². The van der Waals surface area contributed by atoms with Crippen LogP contribution in [0, 0.1) is 0 Å². The first-order valence-electron chi connectivity index (χ1n) is 7.29. The number of benzene rings is 2. The first-order chi connectivity index (χ1) is 12.1. The minimum Gasteiger partial charge on any atom is -0.481 e. The summed E-state index contributed by atoms with van der Waals surface area (Å²) in [6.45, 7) is 1.58. The Kier molecular flexibility index (Phi) is 6.63. The molecule has 2 N–H and O–H groups in total. The van der Waals surface area contributed by atoms with Gasteiger partial charge in [0.05, 0.1) is 25.7 Å². The molecule has 0 fully saturated rings. The summed E-state index contributed by atoms with van der Waals surface area (Å²) in [7, 11) is -2.40. The van der Waals surface area contributed by atoms with Crippen LogP contribution in [0.2, 0.25) is 15.1 Å². The quantitative estimate of drug-likeness (QED) is 0.670. The van der Waals surface area contributed by atoms with E-state index in [1.54, 1.807) is 6.92 Å². The molecule has 0 saturated heterocycles. The minimum absolute atomic E-state index is 0.0143. The lowest BCUT2D eigenvalue weighted by molar-refractivity contribution is -0.126. The van der Waals surface area contributed by atoms with Gasteiger partial charge in [-0.15, -0.1) is 0 Å². The molecule has 1 atom stereocenters. The fraction of sp³-hybridized carbons (Fsp3) is 0.188. The number of amides is 1. The number of carbonyl (C=O) groups is 1. The standard InChI is InChI=1S/C16H15Cl3N2O4S/c1-9(16(22)20-2)25-10-3-5-11(6-4-10)26(23,24)21-15-8-13(18)12(17)7-14(15)19/h3-9,21H,1-2H3,(H,20,22)/t9-/m1/s1. The highest BCUT2D eigenvalue weighted by Crippen LogP contribution is 2.33. The van der Waals surface area contributed by atoms with E-state index in [0.29, 0.717) is 5.75 Å². The lowest BCUT2D eigenvalue weighted by atomic mass is 10.3. The highest BCUT2D eigenvalue weighted by Gasteiger charge is 2.18. The summed E-state index contributed by atoms with van der Waals surface area (Å²) in [4.78, 5) is 11.4. The monoisotopic (exact) mass is 436 g/mol. The Morgan fingerprint density at radius 3 is 2.19 bits per heavy atom. The number of likely N-dealkylation sites (N-methyl/N-ethyl adjacent to an activating group) is 1. The summed E-state index contributed by atoms with van der Waals surface area (Å²) in [5.41, 5.74) is 0.106. The van der Waals surface area contributed by atoms with E-state index in [9.17, 15) is 13.2 Å². The fourth-order valence-electron chi connectivity index (χ4n) is 1.96. The van der Waals surface area contributed by atoms with Crippen molar-refractivity contribution in [3.8, 4) is 5.75 Å². The van der Waals surface area contributed by atoms with E-state index in [-0.39, 0.29) is 31.6 Å². The van der Waals surface area contributed by atoms with Gasteiger partial charge in [0.2, 0.25) is 0 Å². The van der Waals surface area contributed by atoms with Gasteiger partial charge < -0.3 is 10.1 Å². The van der Waals surface area contributed by atoms with Gasteiger partial charge in [0, 0.05) is 7.05 Å². The maximum Gasteiger partial charge on any atom is 0.261 e. The molecule has 0 bridgehead atoms. The first kappa shape index (κ1) is 20.6. The van der Waals surface area contributed by atoms with Crippen molar-refractivity contribution < 1.29 is 17.9 Å². The molecule has 0 aliphatic rings. The molecule has 26 heavy (non-hydrogen) atoms. The summed E-state index contributed by atoms with van der Waals surface area (Å²) in [5, 5.41) is 2.95. The van der Waals surface area contributed by atoms with Crippen LogP contribution in [0.3, 0.4) is 0 Å². The van der Waals surface area contributed by atoms with E-state index < -0.39 is 16.1 Å². The zero-order valence-electron chi connectivity index (χ0n) is 13.7. The van der Waals surface area contributed by atoms with Crippen LogP contribution in [0.25, 0.3) is 0 Å². The van der Waals surface area contributed by atoms with E-state index in [2.05, 4.69) is 10.0 Å². The SMILES string of the molecule is CNC(=O)[C@@H](C)Oc1ccc(S(=O)(=O)Nc2cc(Cl)c(Cl)cc2Cl)cc1. The molecule has 0 saturated carbocycles. The van der Waals surface area contributed by atoms with Gasteiger partial charge in [0.25, 0.3) is 15.9 Å². The molecule has 0 aliphatic heterocycles. The van der Waals surface area contributed by atoms with Crippen LogP contribution in [-0.4, -0.2) is 27.5 Å². The third-order valence-electron chi connectivity index (χ3n) is 3.32. The number of rotatable bonds is 6. The third-order valence-corrected chi connectivity index (χ3v) is 5.73. The summed E-state index contributed by atoms with van der Waals surface area (Å²) >= 11 is 17.7. The number of hydrogen-bond acceptors (Lipinski definition) is 4. The summed E-state index contributed by atoms with van der Waals surface area (Å²) in [5.74, 6) is 0.0604. The molecular weight excluding hydrogens is 423 g/mol. The molecule has 1 amide bonds. The molecule has 0 radical (unpaired) electrons. The van der Waals surface area contributed by atoms with Crippen molar-refractivity contribution in [3.63, 3.8) is 0 Å². The predicted molar refractivity (Wildman–Crippen MR) is 103 cm³/mol. The van der Waals surface area contributed by atoms with Crippen molar-refractivity contribution in [1.29, 1.82) is 0 Å². The van der Waals surface area contributed by atoms with Crippen molar-refractivity contribution in [3.05, 3.63) is 51.5 Å². The number of sulfonamides is 1. The average Bonchev–Trinajstić information content (AvgIpc) is 2.59. The van der Waals surface area contributed by atoms with Crippen LogP contribution in [-0.2, 0) is 14.8 Å². The smallest absolute Gasteiger partial charge is 0.261 e. The zero-order valence-corrected chi connectivity index (χ0v) is 16.8. The zero-order chi connectivity index (χ0) is 19.5. The second kappa shape index (κ2) is 8.35.